The first-order valence-electron chi connectivity index (χ1n) is 7.01. The van der Waals surface area contributed by atoms with Crippen molar-refractivity contribution >= 4 is 45.3 Å². The molecular weight excluding hydrogens is 394 g/mol. The molecule has 1 aliphatic rings. The van der Waals surface area contributed by atoms with Crippen LogP contribution in [0.2, 0.25) is 0 Å². The van der Waals surface area contributed by atoms with E-state index in [0.717, 1.165) is 14.7 Å². The lowest BCUT2D eigenvalue weighted by Crippen LogP contribution is -2.18. The molecule has 0 amide bonds. The Morgan fingerprint density at radius 1 is 1.29 bits per heavy atom. The highest BCUT2D eigenvalue weighted by Crippen LogP contribution is 2.39. The van der Waals surface area contributed by atoms with Crippen molar-refractivity contribution in [2.45, 2.75) is 0 Å². The van der Waals surface area contributed by atoms with Gasteiger partial charge in [0, 0.05) is 0 Å². The molecule has 0 radical (unpaired) electrons. The smallest absolute Gasteiger partial charge is 0.282 e. The molecule has 8 heteroatoms. The fourth-order valence-corrected chi connectivity index (χ4v) is 3.26. The number of benzene rings is 2. The van der Waals surface area contributed by atoms with Crippen LogP contribution in [0.15, 0.2) is 50.8 Å². The van der Waals surface area contributed by atoms with Gasteiger partial charge in [-0.2, -0.15) is 9.78 Å². The highest BCUT2D eigenvalue weighted by atomic mass is 79.9. The van der Waals surface area contributed by atoms with Crippen LogP contribution in [0.1, 0.15) is 5.56 Å². The second-order valence-electron chi connectivity index (χ2n) is 5.07. The molecule has 0 bridgehead atoms. The molecule has 0 atom stereocenters. The molecule has 3 aromatic rings. The number of hydrogen-bond donors (Lipinski definition) is 1. The minimum absolute atomic E-state index is 0.184. The minimum atomic E-state index is -0.273. The van der Waals surface area contributed by atoms with Gasteiger partial charge in [-0.05, 0) is 58.0 Å². The lowest BCUT2D eigenvalue weighted by molar-refractivity contribution is 0.173. The van der Waals surface area contributed by atoms with Crippen LogP contribution in [0.25, 0.3) is 10.9 Å². The quantitative estimate of drug-likeness (QED) is 0.525. The van der Waals surface area contributed by atoms with Crippen LogP contribution >= 0.6 is 28.1 Å². The van der Waals surface area contributed by atoms with E-state index < -0.39 is 0 Å². The summed E-state index contributed by atoms with van der Waals surface area (Å²) in [5.74, 6) is 1.29. The van der Waals surface area contributed by atoms with Crippen LogP contribution in [0.4, 0.5) is 0 Å². The van der Waals surface area contributed by atoms with Crippen LogP contribution in [0.5, 0.6) is 11.5 Å². The maximum Gasteiger partial charge on any atom is 0.282 e. The maximum atomic E-state index is 12.5. The molecule has 0 saturated heterocycles. The average molecular weight is 404 g/mol. The molecule has 2 heterocycles. The molecule has 120 valence electrons. The number of aromatic amines is 1. The van der Waals surface area contributed by atoms with Gasteiger partial charge >= 0.3 is 0 Å². The van der Waals surface area contributed by atoms with Crippen LogP contribution in [-0.4, -0.2) is 22.7 Å². The van der Waals surface area contributed by atoms with E-state index in [1.807, 2.05) is 12.1 Å². The van der Waals surface area contributed by atoms with Crippen molar-refractivity contribution in [3.05, 3.63) is 61.6 Å². The number of rotatable bonds is 2. The van der Waals surface area contributed by atoms with E-state index in [-0.39, 0.29) is 17.1 Å². The third kappa shape index (κ3) is 2.53. The monoisotopic (exact) mass is 403 g/mol. The third-order valence-corrected chi connectivity index (χ3v) is 4.42. The van der Waals surface area contributed by atoms with Crippen molar-refractivity contribution in [1.29, 1.82) is 0 Å². The van der Waals surface area contributed by atoms with Crippen molar-refractivity contribution in [2.24, 2.45) is 5.10 Å². The molecule has 4 rings (SSSR count). The molecule has 1 aliphatic heterocycles. The van der Waals surface area contributed by atoms with Gasteiger partial charge in [0.15, 0.2) is 11.5 Å². The van der Waals surface area contributed by atoms with E-state index in [9.17, 15) is 4.79 Å². The summed E-state index contributed by atoms with van der Waals surface area (Å²) in [4.78, 5) is 15.5. The number of hydrogen-bond acceptors (Lipinski definition) is 5. The van der Waals surface area contributed by atoms with Gasteiger partial charge in [0.25, 0.3) is 5.56 Å². The molecule has 0 fully saturated rings. The molecule has 6 nitrogen and oxygen atoms in total. The predicted molar refractivity (Wildman–Crippen MR) is 96.6 cm³/mol. The molecule has 0 saturated carbocycles. The summed E-state index contributed by atoms with van der Waals surface area (Å²) in [6.45, 7) is 0.184. The number of halogens is 1. The van der Waals surface area contributed by atoms with Gasteiger partial charge in [-0.15, -0.1) is 0 Å². The highest BCUT2D eigenvalue weighted by molar-refractivity contribution is 9.10. The fourth-order valence-electron chi connectivity index (χ4n) is 2.44. The Morgan fingerprint density at radius 3 is 3.00 bits per heavy atom. The van der Waals surface area contributed by atoms with Crippen molar-refractivity contribution < 1.29 is 9.47 Å². The Bertz CT molecular complexity index is 1100. The van der Waals surface area contributed by atoms with Crippen molar-refractivity contribution in [1.82, 2.24) is 9.66 Å². The minimum Gasteiger partial charge on any atom is -0.454 e. The number of nitrogens with zero attached hydrogens (tertiary/aromatic N) is 2. The van der Waals surface area contributed by atoms with E-state index >= 15 is 0 Å². The van der Waals surface area contributed by atoms with Crippen molar-refractivity contribution in [3.8, 4) is 11.5 Å². The van der Waals surface area contributed by atoms with Gasteiger partial charge in [-0.1, -0.05) is 12.1 Å². The molecule has 1 N–H and O–H groups in total. The Kier molecular flexibility index (Phi) is 3.70. The lowest BCUT2D eigenvalue weighted by Gasteiger charge is -2.03. The fraction of sp³-hybridized carbons (Fsp3) is 0.0625. The zero-order chi connectivity index (χ0) is 16.7. The van der Waals surface area contributed by atoms with Gasteiger partial charge in [-0.3, -0.25) is 4.79 Å². The van der Waals surface area contributed by atoms with E-state index in [4.69, 9.17) is 21.7 Å². The number of fused-ring (bicyclic) bond motifs is 2. The number of para-hydroxylation sites is 1. The maximum absolute atomic E-state index is 12.5. The summed E-state index contributed by atoms with van der Waals surface area (Å²) in [5.41, 5.74) is 1.16. The van der Waals surface area contributed by atoms with E-state index in [0.29, 0.717) is 22.4 Å². The number of ether oxygens (including phenoxy) is 2. The Morgan fingerprint density at radius 2 is 2.12 bits per heavy atom. The number of aromatic nitrogens is 2. The van der Waals surface area contributed by atoms with Gasteiger partial charge in [0.1, 0.15) is 0 Å². The summed E-state index contributed by atoms with van der Waals surface area (Å²) in [5, 5.41) is 4.74. The Balaban J connectivity index is 1.80. The average Bonchev–Trinajstić information content (AvgIpc) is 3.04. The summed E-state index contributed by atoms with van der Waals surface area (Å²) in [6.07, 6.45) is 1.55. The summed E-state index contributed by atoms with van der Waals surface area (Å²) in [7, 11) is 0. The highest BCUT2D eigenvalue weighted by Gasteiger charge is 2.17. The van der Waals surface area contributed by atoms with Gasteiger partial charge in [0.05, 0.1) is 21.6 Å². The molecule has 24 heavy (non-hydrogen) atoms. The van der Waals surface area contributed by atoms with Gasteiger partial charge in [-0.25, -0.2) is 0 Å². The lowest BCUT2D eigenvalue weighted by atomic mass is 10.2. The van der Waals surface area contributed by atoms with E-state index in [2.05, 4.69) is 26.0 Å². The largest absolute Gasteiger partial charge is 0.454 e. The summed E-state index contributed by atoms with van der Waals surface area (Å²) >= 11 is 8.65. The molecule has 2 aromatic carbocycles. The number of nitrogens with one attached hydrogen (secondary N) is 1. The molecular formula is C16H10BrN3O3S. The van der Waals surface area contributed by atoms with Gasteiger partial charge in [0.2, 0.25) is 11.6 Å². The van der Waals surface area contributed by atoms with E-state index in [1.54, 1.807) is 30.5 Å². The summed E-state index contributed by atoms with van der Waals surface area (Å²) < 4.78 is 12.9. The zero-order valence-corrected chi connectivity index (χ0v) is 14.6. The van der Waals surface area contributed by atoms with Crippen LogP contribution < -0.4 is 15.0 Å². The van der Waals surface area contributed by atoms with Crippen molar-refractivity contribution in [2.75, 3.05) is 6.79 Å². The first-order valence-corrected chi connectivity index (χ1v) is 8.21. The zero-order valence-electron chi connectivity index (χ0n) is 12.2. The standard InChI is InChI=1S/C16H10BrN3O3S/c17-11-5-9(6-13-14(11)23-8-22-13)7-18-20-15(21)10-3-1-2-4-12(10)19-16(20)24/h1-7H,8H2,(H,19,24)/b18-7-. The first-order chi connectivity index (χ1) is 11.6. The normalized spacial score (nSPS) is 13.0. The van der Waals surface area contributed by atoms with Gasteiger partial charge < -0.3 is 14.5 Å². The Labute approximate surface area is 149 Å². The van der Waals surface area contributed by atoms with E-state index in [1.165, 1.54) is 0 Å². The first kappa shape index (κ1) is 15.1. The molecule has 1 aromatic heterocycles. The Hall–Kier alpha value is -2.45. The SMILES string of the molecule is O=c1c2ccccc2[nH]c(=S)n1/N=C\c1cc(Br)c2c(c1)OCO2. The topological polar surface area (TPSA) is 68.6 Å². The van der Waals surface area contributed by atoms with Crippen LogP contribution in [-0.2, 0) is 0 Å². The third-order valence-electron chi connectivity index (χ3n) is 3.56. The summed E-state index contributed by atoms with van der Waals surface area (Å²) in [6, 6.07) is 10.8. The second kappa shape index (κ2) is 5.88. The number of H-pyrrole nitrogens is 1. The molecule has 0 unspecified atom stereocenters. The predicted octanol–water partition coefficient (Wildman–Crippen LogP) is 3.43. The second-order valence-corrected chi connectivity index (χ2v) is 6.31. The van der Waals surface area contributed by atoms with Crippen LogP contribution in [0.3, 0.4) is 0 Å². The molecule has 0 aliphatic carbocycles. The molecule has 0 spiro atoms. The van der Waals surface area contributed by atoms with Crippen LogP contribution in [0, 0.1) is 4.77 Å². The van der Waals surface area contributed by atoms with Crippen molar-refractivity contribution in [3.63, 3.8) is 0 Å².